The minimum absolute atomic E-state index is 0.228. The highest BCUT2D eigenvalue weighted by Gasteiger charge is 2.25. The first-order valence-electron chi connectivity index (χ1n) is 13.4. The van der Waals surface area contributed by atoms with Crippen LogP contribution in [0.3, 0.4) is 0 Å². The number of hydrogen-bond acceptors (Lipinski definition) is 9. The molecule has 5 rings (SSSR count). The summed E-state index contributed by atoms with van der Waals surface area (Å²) in [4.78, 5) is 33.7. The van der Waals surface area contributed by atoms with E-state index in [4.69, 9.17) is 4.74 Å². The highest BCUT2D eigenvalue weighted by atomic mass is 32.2. The minimum atomic E-state index is -0.387. The first kappa shape index (κ1) is 27.1. The average Bonchev–Trinajstić information content (AvgIpc) is 3.38. The Labute approximate surface area is 232 Å². The summed E-state index contributed by atoms with van der Waals surface area (Å²) >= 11 is 1.64. The van der Waals surface area contributed by atoms with Gasteiger partial charge in [0.25, 0.3) is 5.91 Å². The molecule has 11 nitrogen and oxygen atoms in total. The molecular weight excluding hydrogens is 516 g/mol. The molecule has 2 saturated heterocycles. The molecule has 12 heteroatoms. The molecule has 1 aromatic carbocycles. The number of aryl methyl sites for hydroxylation is 1. The number of hydrogen-bond donors (Lipinski definition) is 1. The van der Waals surface area contributed by atoms with Crippen LogP contribution in [-0.4, -0.2) is 78.9 Å². The highest BCUT2D eigenvalue weighted by Crippen LogP contribution is 2.25. The predicted octanol–water partition coefficient (Wildman–Crippen LogP) is 3.85. The monoisotopic (exact) mass is 550 g/mol. The number of likely N-dealkylation sites (tertiary alicyclic amines) is 2. The van der Waals surface area contributed by atoms with Gasteiger partial charge >= 0.3 is 6.09 Å². The number of tetrazole rings is 1. The van der Waals surface area contributed by atoms with Crippen LogP contribution in [0.1, 0.15) is 48.0 Å². The Morgan fingerprint density at radius 1 is 1.03 bits per heavy atom. The molecule has 39 heavy (non-hydrogen) atoms. The zero-order valence-electron chi connectivity index (χ0n) is 22.2. The number of carbonyl (C=O) groups is 2. The van der Waals surface area contributed by atoms with Crippen LogP contribution in [0, 0.1) is 5.92 Å². The summed E-state index contributed by atoms with van der Waals surface area (Å²) in [6.45, 7) is 4.47. The van der Waals surface area contributed by atoms with Crippen LogP contribution in [0.25, 0.3) is 0 Å². The van der Waals surface area contributed by atoms with E-state index in [2.05, 4.69) is 30.7 Å². The maximum absolute atomic E-state index is 12.7. The lowest BCUT2D eigenvalue weighted by atomic mass is 9.99. The molecular formula is C27H34N8O3S. The fraction of sp³-hybridized carbons (Fsp3) is 0.481. The van der Waals surface area contributed by atoms with Crippen molar-refractivity contribution in [1.82, 2.24) is 35.0 Å². The molecule has 2 amide bonds. The van der Waals surface area contributed by atoms with Crippen molar-refractivity contribution in [2.24, 2.45) is 13.0 Å². The number of aromatic nitrogens is 5. The molecule has 4 heterocycles. The zero-order chi connectivity index (χ0) is 27.0. The largest absolute Gasteiger partial charge is 0.415 e. The molecule has 3 aromatic rings. The topological polar surface area (TPSA) is 118 Å². The van der Waals surface area contributed by atoms with Gasteiger partial charge in [-0.15, -0.1) is 5.10 Å². The maximum Gasteiger partial charge on any atom is 0.415 e. The molecule has 2 aliphatic heterocycles. The summed E-state index contributed by atoms with van der Waals surface area (Å²) in [6, 6.07) is 11.0. The molecule has 2 aromatic heterocycles. The Morgan fingerprint density at radius 2 is 1.79 bits per heavy atom. The van der Waals surface area contributed by atoms with Crippen molar-refractivity contribution in [2.75, 3.05) is 37.2 Å². The number of benzene rings is 1. The lowest BCUT2D eigenvalue weighted by molar-refractivity contribution is 0.102. The quantitative estimate of drug-likeness (QED) is 0.417. The number of anilines is 1. The van der Waals surface area contributed by atoms with Crippen molar-refractivity contribution < 1.29 is 14.3 Å². The Kier molecular flexibility index (Phi) is 9.04. The Hall–Kier alpha value is -3.51. The second kappa shape index (κ2) is 13.0. The molecule has 1 N–H and O–H groups in total. The van der Waals surface area contributed by atoms with Crippen molar-refractivity contribution in [3.8, 4) is 5.75 Å². The molecule has 2 fully saturated rings. The van der Waals surface area contributed by atoms with Gasteiger partial charge in [-0.1, -0.05) is 30.3 Å². The number of piperidine rings is 2. The second-order valence-corrected chi connectivity index (χ2v) is 11.0. The number of ether oxygens (including phenoxy) is 1. The first-order valence-corrected chi connectivity index (χ1v) is 14.4. The number of nitrogens with zero attached hydrogens (tertiary/aromatic N) is 7. The van der Waals surface area contributed by atoms with Gasteiger partial charge in [0.2, 0.25) is 5.16 Å². The summed E-state index contributed by atoms with van der Waals surface area (Å²) in [5.41, 5.74) is 1.78. The van der Waals surface area contributed by atoms with Gasteiger partial charge in [-0.05, 0) is 84.9 Å². The minimum Gasteiger partial charge on any atom is -0.409 e. The highest BCUT2D eigenvalue weighted by molar-refractivity contribution is 7.99. The number of pyridine rings is 1. The summed E-state index contributed by atoms with van der Waals surface area (Å²) in [5.74, 6) is 1.91. The van der Waals surface area contributed by atoms with Crippen molar-refractivity contribution in [3.63, 3.8) is 0 Å². The lowest BCUT2D eigenvalue weighted by Gasteiger charge is -2.30. The summed E-state index contributed by atoms with van der Waals surface area (Å²) in [5, 5.41) is 15.1. The van der Waals surface area contributed by atoms with Gasteiger partial charge in [-0.2, -0.15) is 0 Å². The van der Waals surface area contributed by atoms with Crippen LogP contribution in [0.15, 0.2) is 47.8 Å². The number of nitrogens with one attached hydrogen (secondary N) is 1. The van der Waals surface area contributed by atoms with E-state index >= 15 is 0 Å². The van der Waals surface area contributed by atoms with Crippen LogP contribution in [0.2, 0.25) is 0 Å². The lowest BCUT2D eigenvalue weighted by Crippen LogP contribution is -2.40. The van der Waals surface area contributed by atoms with E-state index in [0.717, 1.165) is 43.4 Å². The molecule has 0 saturated carbocycles. The first-order chi connectivity index (χ1) is 19.0. The Morgan fingerprint density at radius 3 is 2.46 bits per heavy atom. The summed E-state index contributed by atoms with van der Waals surface area (Å²) in [7, 11) is 1.82. The Balaban J connectivity index is 1.04. The van der Waals surface area contributed by atoms with Gasteiger partial charge in [-0.25, -0.2) is 14.5 Å². The number of amides is 2. The van der Waals surface area contributed by atoms with Crippen LogP contribution in [0.4, 0.5) is 10.6 Å². The fourth-order valence-electron chi connectivity index (χ4n) is 4.82. The van der Waals surface area contributed by atoms with Gasteiger partial charge in [0, 0.05) is 38.0 Å². The smallest absolute Gasteiger partial charge is 0.409 e. The number of rotatable bonds is 8. The molecule has 0 aliphatic carbocycles. The standard InChI is InChI=1S/C27H34N8O3S/c1-33-26(30-31-32-33)39-19-21-11-15-35(16-12-21)27(37)38-23-9-10-24(28-17-23)29-25(36)22-7-5-20(6-8-22)18-34-13-3-2-4-14-34/h5-10,17,21H,2-4,11-16,18-19H2,1H3,(H,28,29,36). The third-order valence-electron chi connectivity index (χ3n) is 7.16. The fourth-order valence-corrected chi connectivity index (χ4v) is 5.86. The molecule has 0 radical (unpaired) electrons. The van der Waals surface area contributed by atoms with Crippen molar-refractivity contribution in [2.45, 2.75) is 43.8 Å². The van der Waals surface area contributed by atoms with Gasteiger partial charge < -0.3 is 15.0 Å². The number of carbonyl (C=O) groups excluding carboxylic acids is 2. The van der Waals surface area contributed by atoms with E-state index in [1.54, 1.807) is 33.5 Å². The van der Waals surface area contributed by atoms with Gasteiger partial charge in [0.15, 0.2) is 5.75 Å². The van der Waals surface area contributed by atoms with Gasteiger partial charge in [0.1, 0.15) is 5.82 Å². The maximum atomic E-state index is 12.7. The van der Waals surface area contributed by atoms with E-state index in [9.17, 15) is 9.59 Å². The van der Waals surface area contributed by atoms with E-state index in [1.165, 1.54) is 31.0 Å². The molecule has 0 unspecified atom stereocenters. The molecule has 0 atom stereocenters. The van der Waals surface area contributed by atoms with Crippen LogP contribution in [0.5, 0.6) is 5.75 Å². The summed E-state index contributed by atoms with van der Waals surface area (Å²) in [6.07, 6.45) is 6.69. The third-order valence-corrected chi connectivity index (χ3v) is 8.40. The van der Waals surface area contributed by atoms with E-state index < -0.39 is 0 Å². The molecule has 2 aliphatic rings. The average molecular weight is 551 g/mol. The van der Waals surface area contributed by atoms with Crippen LogP contribution < -0.4 is 10.1 Å². The SMILES string of the molecule is Cn1nnnc1SCC1CCN(C(=O)Oc2ccc(NC(=O)c3ccc(CN4CCCCC4)cc3)nc2)CC1. The number of thioether (sulfide) groups is 1. The van der Waals surface area contributed by atoms with Gasteiger partial charge in [-0.3, -0.25) is 9.69 Å². The van der Waals surface area contributed by atoms with Crippen molar-refractivity contribution in [3.05, 3.63) is 53.7 Å². The molecule has 206 valence electrons. The normalized spacial score (nSPS) is 16.7. The van der Waals surface area contributed by atoms with Gasteiger partial charge in [0.05, 0.1) is 6.20 Å². The second-order valence-electron chi connectivity index (χ2n) is 10.1. The van der Waals surface area contributed by atoms with Crippen LogP contribution in [-0.2, 0) is 13.6 Å². The van der Waals surface area contributed by atoms with Crippen molar-refractivity contribution >= 4 is 29.6 Å². The summed E-state index contributed by atoms with van der Waals surface area (Å²) < 4.78 is 7.18. The van der Waals surface area contributed by atoms with Crippen molar-refractivity contribution in [1.29, 1.82) is 0 Å². The zero-order valence-corrected chi connectivity index (χ0v) is 23.0. The predicted molar refractivity (Wildman–Crippen MR) is 148 cm³/mol. The van der Waals surface area contributed by atoms with E-state index in [0.29, 0.717) is 36.1 Å². The molecule has 0 spiro atoms. The van der Waals surface area contributed by atoms with Crippen LogP contribution >= 0.6 is 11.8 Å². The van der Waals surface area contributed by atoms with E-state index in [-0.39, 0.29) is 12.0 Å². The third kappa shape index (κ3) is 7.54. The molecule has 0 bridgehead atoms. The van der Waals surface area contributed by atoms with E-state index in [1.807, 2.05) is 31.3 Å². The Bertz CT molecular complexity index is 1240.